The summed E-state index contributed by atoms with van der Waals surface area (Å²) in [6.07, 6.45) is 0. The van der Waals surface area contributed by atoms with Gasteiger partial charge in [0.05, 0.1) is 57.2 Å². The third kappa shape index (κ3) is 5.30. The van der Waals surface area contributed by atoms with Gasteiger partial charge in [0.1, 0.15) is 32.0 Å². The summed E-state index contributed by atoms with van der Waals surface area (Å²) < 4.78 is 33.3. The number of anilines is 1. The van der Waals surface area contributed by atoms with E-state index in [9.17, 15) is 24.0 Å². The lowest BCUT2D eigenvalue weighted by molar-refractivity contribution is -0.146. The van der Waals surface area contributed by atoms with E-state index in [0.29, 0.717) is 16.0 Å². The van der Waals surface area contributed by atoms with E-state index in [1.807, 2.05) is 0 Å². The number of methoxy groups -OCH3 is 4. The number of benzene rings is 2. The largest absolute Gasteiger partial charge is 0.465 e. The molecule has 2 aromatic carbocycles. The van der Waals surface area contributed by atoms with Gasteiger partial charge in [-0.2, -0.15) is 0 Å². The summed E-state index contributed by atoms with van der Waals surface area (Å²) in [6, 6.07) is 9.93. The highest BCUT2D eigenvalue weighted by atomic mass is 32.2. The zero-order valence-electron chi connectivity index (χ0n) is 29.3. The first-order valence-electron chi connectivity index (χ1n) is 15.6. The number of carbonyl (C=O) groups excluding carboxylic acids is 5. The molecule has 0 N–H and O–H groups in total. The number of nitrogens with zero attached hydrogens (tertiary/aromatic N) is 2. The minimum Gasteiger partial charge on any atom is -0.465 e. The number of thioether (sulfide) groups is 1. The Labute approximate surface area is 313 Å². The van der Waals surface area contributed by atoms with Crippen LogP contribution in [0.5, 0.6) is 0 Å². The zero-order valence-corrected chi connectivity index (χ0v) is 31.7. The number of allylic oxidation sites excluding steroid dienone is 2. The van der Waals surface area contributed by atoms with Crippen LogP contribution in [0.4, 0.5) is 5.69 Å². The van der Waals surface area contributed by atoms with Crippen LogP contribution < -0.4 is 4.90 Å². The van der Waals surface area contributed by atoms with Gasteiger partial charge in [0, 0.05) is 27.3 Å². The van der Waals surface area contributed by atoms with Crippen molar-refractivity contribution in [3.63, 3.8) is 0 Å². The van der Waals surface area contributed by atoms with Crippen LogP contribution in [0.15, 0.2) is 63.3 Å². The Morgan fingerprint density at radius 1 is 0.750 bits per heavy atom. The predicted molar refractivity (Wildman–Crippen MR) is 196 cm³/mol. The standard InChI is InChI=1S/C36H32N2O11S3/c1-16-17(2)49-36(48-16)25-22-13-20(31(40)44-5)21(32(41)45-6)14-23(22)37(15-24(39)38-29(50)18-11-9-10-12-19(18)30(38)51)35(3,4)28(25)52-27(34(43)47-8)26(36)33(42)46-7/h9-14H,15H2,1-8H3. The number of hydrogen-bond donors (Lipinski definition) is 0. The lowest BCUT2D eigenvalue weighted by atomic mass is 9.79. The molecule has 0 unspecified atom stereocenters. The van der Waals surface area contributed by atoms with Crippen LogP contribution in [-0.2, 0) is 42.8 Å². The summed E-state index contributed by atoms with van der Waals surface area (Å²) in [5.41, 5.74) is 0.0358. The molecule has 270 valence electrons. The molecule has 0 atom stereocenters. The van der Waals surface area contributed by atoms with Crippen molar-refractivity contribution in [2.75, 3.05) is 39.9 Å². The Morgan fingerprint density at radius 2 is 1.25 bits per heavy atom. The van der Waals surface area contributed by atoms with Crippen molar-refractivity contribution in [3.05, 3.63) is 91.1 Å². The molecule has 1 amide bonds. The van der Waals surface area contributed by atoms with Crippen LogP contribution in [0.25, 0.3) is 5.57 Å². The smallest absolute Gasteiger partial charge is 0.345 e. The number of ether oxygens (including phenoxy) is 6. The van der Waals surface area contributed by atoms with Crippen molar-refractivity contribution in [2.45, 2.75) is 39.0 Å². The summed E-state index contributed by atoms with van der Waals surface area (Å²) in [4.78, 5) is 71.8. The summed E-state index contributed by atoms with van der Waals surface area (Å²) in [5.74, 6) is -5.63. The molecule has 0 saturated carbocycles. The van der Waals surface area contributed by atoms with Crippen LogP contribution in [0, 0.1) is 0 Å². The maximum Gasteiger partial charge on any atom is 0.345 e. The highest BCUT2D eigenvalue weighted by Gasteiger charge is 2.62. The van der Waals surface area contributed by atoms with Gasteiger partial charge in [-0.15, -0.1) is 0 Å². The normalized spacial score (nSPS) is 18.0. The van der Waals surface area contributed by atoms with E-state index in [0.717, 1.165) is 40.2 Å². The van der Waals surface area contributed by atoms with Gasteiger partial charge in [0.2, 0.25) is 0 Å². The molecule has 4 aliphatic rings. The Kier molecular flexibility index (Phi) is 9.30. The number of esters is 4. The van der Waals surface area contributed by atoms with Crippen molar-refractivity contribution < 1.29 is 52.4 Å². The predicted octanol–water partition coefficient (Wildman–Crippen LogP) is 4.80. The van der Waals surface area contributed by atoms with Gasteiger partial charge in [-0.25, -0.2) is 19.2 Å². The molecule has 0 fully saturated rings. The average molecular weight is 765 g/mol. The molecule has 0 bridgehead atoms. The molecule has 0 aliphatic carbocycles. The number of hydrogen-bond acceptors (Lipinski definition) is 15. The number of amides is 1. The lowest BCUT2D eigenvalue weighted by Crippen LogP contribution is -2.56. The monoisotopic (exact) mass is 764 g/mol. The molecule has 0 aromatic heterocycles. The van der Waals surface area contributed by atoms with E-state index in [2.05, 4.69) is 0 Å². The number of rotatable bonds is 6. The van der Waals surface area contributed by atoms with E-state index in [1.165, 1.54) is 17.0 Å². The van der Waals surface area contributed by atoms with Gasteiger partial charge in [-0.1, -0.05) is 60.5 Å². The van der Waals surface area contributed by atoms with E-state index >= 15 is 0 Å². The van der Waals surface area contributed by atoms with Gasteiger partial charge in [0.15, 0.2) is 0 Å². The van der Waals surface area contributed by atoms with E-state index in [-0.39, 0.29) is 66.5 Å². The molecule has 16 heteroatoms. The summed E-state index contributed by atoms with van der Waals surface area (Å²) >= 11 is 12.3. The molecule has 0 radical (unpaired) electrons. The Morgan fingerprint density at radius 3 is 1.75 bits per heavy atom. The molecule has 0 saturated heterocycles. The van der Waals surface area contributed by atoms with Crippen LogP contribution in [0.3, 0.4) is 0 Å². The summed E-state index contributed by atoms with van der Waals surface area (Å²) in [7, 11) is 4.62. The fourth-order valence-corrected chi connectivity index (χ4v) is 8.82. The molecule has 4 heterocycles. The van der Waals surface area contributed by atoms with Crippen molar-refractivity contribution in [1.29, 1.82) is 0 Å². The van der Waals surface area contributed by atoms with E-state index in [1.54, 1.807) is 56.9 Å². The Bertz CT molecular complexity index is 2100. The molecule has 6 rings (SSSR count). The maximum absolute atomic E-state index is 14.4. The van der Waals surface area contributed by atoms with Gasteiger partial charge >= 0.3 is 29.7 Å². The van der Waals surface area contributed by atoms with Crippen molar-refractivity contribution in [1.82, 2.24) is 4.90 Å². The first-order valence-corrected chi connectivity index (χ1v) is 17.3. The van der Waals surface area contributed by atoms with Gasteiger partial charge in [-0.05, 0) is 39.8 Å². The van der Waals surface area contributed by atoms with Crippen molar-refractivity contribution in [3.8, 4) is 0 Å². The van der Waals surface area contributed by atoms with Gasteiger partial charge < -0.3 is 33.3 Å². The SMILES string of the molecule is COC(=O)C1=C(C(=O)OC)C2(OC(C)=C(C)O2)C2=C(S1)C(C)(C)N(CC(=O)N1C(=S)c3ccccc3C1=S)c1cc(C(=O)OC)c(C(=O)OC)cc12. The topological polar surface area (TPSA) is 147 Å². The minimum atomic E-state index is -2.15. The second-order valence-corrected chi connectivity index (χ2v) is 14.1. The quantitative estimate of drug-likeness (QED) is 0.225. The van der Waals surface area contributed by atoms with Crippen LogP contribution in [0.1, 0.15) is 65.1 Å². The van der Waals surface area contributed by atoms with E-state index in [4.69, 9.17) is 52.9 Å². The fraction of sp³-hybridized carbons (Fsp3) is 0.306. The molecular weight excluding hydrogens is 733 g/mol. The number of carbonyl (C=O) groups is 5. The number of fused-ring (bicyclic) bond motifs is 4. The van der Waals surface area contributed by atoms with Crippen molar-refractivity contribution >= 4 is 87.2 Å². The number of thiocarbonyl (C=S) groups is 2. The zero-order chi connectivity index (χ0) is 38.0. The second-order valence-electron chi connectivity index (χ2n) is 12.4. The highest BCUT2D eigenvalue weighted by molar-refractivity contribution is 8.08. The summed E-state index contributed by atoms with van der Waals surface area (Å²) in [6.45, 7) is 6.44. The maximum atomic E-state index is 14.4. The molecule has 52 heavy (non-hydrogen) atoms. The second kappa shape index (κ2) is 13.2. The Hall–Kier alpha value is -5.06. The highest BCUT2D eigenvalue weighted by Crippen LogP contribution is 2.62. The first-order chi connectivity index (χ1) is 24.6. The third-order valence-corrected chi connectivity index (χ3v) is 11.5. The van der Waals surface area contributed by atoms with Crippen LogP contribution in [0.2, 0.25) is 0 Å². The van der Waals surface area contributed by atoms with Crippen molar-refractivity contribution in [2.24, 2.45) is 0 Å². The molecule has 4 aliphatic heterocycles. The average Bonchev–Trinajstić information content (AvgIpc) is 3.57. The van der Waals surface area contributed by atoms with Gasteiger partial charge in [-0.3, -0.25) is 9.69 Å². The first kappa shape index (κ1) is 36.7. The Balaban J connectivity index is 1.65. The molecule has 1 spiro atoms. The third-order valence-electron chi connectivity index (χ3n) is 9.24. The lowest BCUT2D eigenvalue weighted by Gasteiger charge is -2.51. The minimum absolute atomic E-state index is 0.166. The molecule has 13 nitrogen and oxygen atoms in total. The van der Waals surface area contributed by atoms with Crippen LogP contribution in [-0.4, -0.2) is 91.0 Å². The van der Waals surface area contributed by atoms with E-state index < -0.39 is 41.1 Å². The summed E-state index contributed by atoms with van der Waals surface area (Å²) in [5, 5.41) is 0. The molecule has 2 aromatic rings. The van der Waals surface area contributed by atoms with Gasteiger partial charge in [0.25, 0.3) is 5.91 Å². The fourth-order valence-electron chi connectivity index (χ4n) is 6.62. The van der Waals surface area contributed by atoms with Crippen LogP contribution >= 0.6 is 36.2 Å². The molecular formula is C36H32N2O11S3.